The molecule has 1 N–H and O–H groups in total. The van der Waals surface area contributed by atoms with E-state index < -0.39 is 0 Å². The summed E-state index contributed by atoms with van der Waals surface area (Å²) < 4.78 is 0. The lowest BCUT2D eigenvalue weighted by Gasteiger charge is -2.19. The predicted octanol–water partition coefficient (Wildman–Crippen LogP) is 2.96. The Bertz CT molecular complexity index is 172. The van der Waals surface area contributed by atoms with Crippen LogP contribution in [-0.2, 0) is 0 Å². The van der Waals surface area contributed by atoms with Crippen LogP contribution in [0.3, 0.4) is 0 Å². The molecule has 0 saturated carbocycles. The molecule has 2 amide bonds. The molecule has 0 radical (unpaired) electrons. The summed E-state index contributed by atoms with van der Waals surface area (Å²) >= 11 is 1.90. The van der Waals surface area contributed by atoms with E-state index in [1.807, 2.05) is 30.5 Å². The van der Waals surface area contributed by atoms with Crippen molar-refractivity contribution in [3.63, 3.8) is 0 Å². The van der Waals surface area contributed by atoms with Crippen LogP contribution in [0.25, 0.3) is 0 Å². The molecule has 0 aliphatic carbocycles. The normalized spacial score (nSPS) is 10.2. The maximum Gasteiger partial charge on any atom is 0.317 e. The molecule has 16 heavy (non-hydrogen) atoms. The van der Waals surface area contributed by atoms with Crippen molar-refractivity contribution < 1.29 is 4.79 Å². The van der Waals surface area contributed by atoms with Gasteiger partial charge in [-0.15, -0.1) is 0 Å². The molecule has 0 bridgehead atoms. The number of hydrogen-bond acceptors (Lipinski definition) is 2. The van der Waals surface area contributed by atoms with Gasteiger partial charge in [-0.25, -0.2) is 4.79 Å². The van der Waals surface area contributed by atoms with E-state index in [-0.39, 0.29) is 6.03 Å². The molecular weight excluding hydrogens is 220 g/mol. The fraction of sp³-hybridized carbons (Fsp3) is 0.917. The van der Waals surface area contributed by atoms with Crippen LogP contribution in [0.5, 0.6) is 0 Å². The maximum atomic E-state index is 11.6. The third-order valence-corrected chi connectivity index (χ3v) is 3.30. The summed E-state index contributed by atoms with van der Waals surface area (Å²) in [6, 6.07) is 0.0779. The van der Waals surface area contributed by atoms with Crippen LogP contribution >= 0.6 is 11.8 Å². The second-order valence-corrected chi connectivity index (χ2v) is 4.80. The largest absolute Gasteiger partial charge is 0.338 e. The Morgan fingerprint density at radius 1 is 1.12 bits per heavy atom. The van der Waals surface area contributed by atoms with E-state index in [9.17, 15) is 4.79 Å². The zero-order chi connectivity index (χ0) is 12.2. The number of nitrogens with one attached hydrogen (secondary N) is 1. The van der Waals surface area contributed by atoms with Crippen molar-refractivity contribution in [1.82, 2.24) is 10.2 Å². The molecule has 96 valence electrons. The number of rotatable bonds is 9. The highest BCUT2D eigenvalue weighted by molar-refractivity contribution is 7.98. The summed E-state index contributed by atoms with van der Waals surface area (Å²) in [6.07, 6.45) is 7.04. The second-order valence-electron chi connectivity index (χ2n) is 3.81. The van der Waals surface area contributed by atoms with Crippen molar-refractivity contribution in [1.29, 1.82) is 0 Å². The maximum absolute atomic E-state index is 11.6. The minimum atomic E-state index is 0.0779. The van der Waals surface area contributed by atoms with Gasteiger partial charge < -0.3 is 10.2 Å². The molecule has 0 aromatic carbocycles. The van der Waals surface area contributed by atoms with E-state index in [0.29, 0.717) is 0 Å². The van der Waals surface area contributed by atoms with Crippen molar-refractivity contribution in [2.45, 2.75) is 39.5 Å². The zero-order valence-corrected chi connectivity index (χ0v) is 11.7. The predicted molar refractivity (Wildman–Crippen MR) is 73.2 cm³/mol. The minimum absolute atomic E-state index is 0.0779. The van der Waals surface area contributed by atoms with E-state index in [1.165, 1.54) is 25.0 Å². The van der Waals surface area contributed by atoms with Crippen LogP contribution in [-0.4, -0.2) is 42.6 Å². The number of carbonyl (C=O) groups excluding carboxylic acids is 1. The van der Waals surface area contributed by atoms with E-state index in [2.05, 4.69) is 11.6 Å². The molecule has 3 nitrogen and oxygen atoms in total. The lowest BCUT2D eigenvalue weighted by Crippen LogP contribution is -2.40. The Hall–Kier alpha value is -0.380. The van der Waals surface area contributed by atoms with Gasteiger partial charge in [-0.2, -0.15) is 11.8 Å². The monoisotopic (exact) mass is 246 g/mol. The van der Waals surface area contributed by atoms with Crippen molar-refractivity contribution in [3.05, 3.63) is 0 Å². The molecule has 4 heteroatoms. The molecule has 0 aliphatic heterocycles. The number of hydrogen-bond donors (Lipinski definition) is 1. The van der Waals surface area contributed by atoms with Crippen LogP contribution < -0.4 is 5.32 Å². The van der Waals surface area contributed by atoms with Crippen LogP contribution in [0.15, 0.2) is 0 Å². The summed E-state index contributed by atoms with van der Waals surface area (Å²) in [5, 5.41) is 2.96. The number of urea groups is 1. The highest BCUT2D eigenvalue weighted by Crippen LogP contribution is 2.03. The van der Waals surface area contributed by atoms with Gasteiger partial charge in [-0.05, 0) is 38.7 Å². The van der Waals surface area contributed by atoms with Crippen molar-refractivity contribution >= 4 is 17.8 Å². The number of amides is 2. The van der Waals surface area contributed by atoms with Gasteiger partial charge in [-0.1, -0.05) is 12.8 Å². The van der Waals surface area contributed by atoms with Crippen molar-refractivity contribution in [3.8, 4) is 0 Å². The summed E-state index contributed by atoms with van der Waals surface area (Å²) in [5.41, 5.74) is 0. The SMILES string of the molecule is CCN(CC)C(=O)NCCCCCCSC. The summed E-state index contributed by atoms with van der Waals surface area (Å²) in [5.74, 6) is 1.26. The summed E-state index contributed by atoms with van der Waals surface area (Å²) in [6.45, 7) is 6.40. The Morgan fingerprint density at radius 3 is 2.31 bits per heavy atom. The zero-order valence-electron chi connectivity index (χ0n) is 10.9. The topological polar surface area (TPSA) is 32.3 Å². The van der Waals surface area contributed by atoms with Crippen LogP contribution in [0.4, 0.5) is 4.79 Å². The second kappa shape index (κ2) is 11.1. The van der Waals surface area contributed by atoms with Gasteiger partial charge in [0.05, 0.1) is 0 Å². The molecule has 0 atom stereocenters. The van der Waals surface area contributed by atoms with Gasteiger partial charge in [0.25, 0.3) is 0 Å². The lowest BCUT2D eigenvalue weighted by atomic mass is 10.2. The lowest BCUT2D eigenvalue weighted by molar-refractivity contribution is 0.203. The fourth-order valence-corrected chi connectivity index (χ4v) is 2.04. The standard InChI is InChI=1S/C12H26N2OS/c1-4-14(5-2)12(15)13-10-8-6-7-9-11-16-3/h4-11H2,1-3H3,(H,13,15). The first-order valence-corrected chi connectivity index (χ1v) is 7.67. The van der Waals surface area contributed by atoms with Crippen molar-refractivity contribution in [2.75, 3.05) is 31.6 Å². The van der Waals surface area contributed by atoms with Gasteiger partial charge in [-0.3, -0.25) is 0 Å². The summed E-state index contributed by atoms with van der Waals surface area (Å²) in [7, 11) is 0. The Labute approximate surface area is 104 Å². The Morgan fingerprint density at radius 2 is 1.75 bits per heavy atom. The minimum Gasteiger partial charge on any atom is -0.338 e. The quantitative estimate of drug-likeness (QED) is 0.634. The first kappa shape index (κ1) is 15.6. The van der Waals surface area contributed by atoms with Crippen LogP contribution in [0, 0.1) is 0 Å². The number of thioether (sulfide) groups is 1. The molecule has 0 rings (SSSR count). The molecule has 0 saturated heterocycles. The molecule has 0 aromatic heterocycles. The fourth-order valence-electron chi connectivity index (χ4n) is 1.54. The van der Waals surface area contributed by atoms with Gasteiger partial charge >= 0.3 is 6.03 Å². The molecular formula is C12H26N2OS. The molecule has 0 spiro atoms. The molecule has 0 fully saturated rings. The van der Waals surface area contributed by atoms with Gasteiger partial charge in [0, 0.05) is 19.6 Å². The highest BCUT2D eigenvalue weighted by Gasteiger charge is 2.06. The number of carbonyl (C=O) groups is 1. The van der Waals surface area contributed by atoms with E-state index in [1.54, 1.807) is 0 Å². The molecule has 0 aromatic rings. The highest BCUT2D eigenvalue weighted by atomic mass is 32.2. The van der Waals surface area contributed by atoms with Gasteiger partial charge in [0.1, 0.15) is 0 Å². The smallest absolute Gasteiger partial charge is 0.317 e. The average molecular weight is 246 g/mol. The van der Waals surface area contributed by atoms with Gasteiger partial charge in [0.2, 0.25) is 0 Å². The first-order chi connectivity index (χ1) is 7.76. The number of nitrogens with zero attached hydrogens (tertiary/aromatic N) is 1. The van der Waals surface area contributed by atoms with Crippen molar-refractivity contribution in [2.24, 2.45) is 0 Å². The Kier molecular flexibility index (Phi) is 10.9. The molecule has 0 unspecified atom stereocenters. The number of unbranched alkanes of at least 4 members (excludes halogenated alkanes) is 3. The van der Waals surface area contributed by atoms with E-state index in [4.69, 9.17) is 0 Å². The van der Waals surface area contributed by atoms with Gasteiger partial charge in [0.15, 0.2) is 0 Å². The van der Waals surface area contributed by atoms with E-state index in [0.717, 1.165) is 26.1 Å². The van der Waals surface area contributed by atoms with Crippen LogP contribution in [0.1, 0.15) is 39.5 Å². The Balaban J connectivity index is 3.33. The molecule has 0 heterocycles. The third-order valence-electron chi connectivity index (χ3n) is 2.60. The molecule has 0 aliphatic rings. The van der Waals surface area contributed by atoms with Crippen LogP contribution in [0.2, 0.25) is 0 Å². The first-order valence-electron chi connectivity index (χ1n) is 6.27. The summed E-state index contributed by atoms with van der Waals surface area (Å²) in [4.78, 5) is 13.4. The average Bonchev–Trinajstić information content (AvgIpc) is 2.29. The third kappa shape index (κ3) is 7.85. The van der Waals surface area contributed by atoms with E-state index >= 15 is 0 Å².